The highest BCUT2D eigenvalue weighted by Gasteiger charge is 2.59. The summed E-state index contributed by atoms with van der Waals surface area (Å²) < 4.78 is 0. The Kier molecular flexibility index (Phi) is 2.90. The number of hydrogen-bond acceptors (Lipinski definition) is 3. The quantitative estimate of drug-likeness (QED) is 0.818. The van der Waals surface area contributed by atoms with Gasteiger partial charge in [-0.1, -0.05) is 6.42 Å². The van der Waals surface area contributed by atoms with E-state index in [0.717, 1.165) is 18.1 Å². The Morgan fingerprint density at radius 1 is 1.41 bits per heavy atom. The second-order valence-electron chi connectivity index (χ2n) is 5.79. The fourth-order valence-corrected chi connectivity index (χ4v) is 4.32. The first kappa shape index (κ1) is 11.8. The highest BCUT2D eigenvalue weighted by Crippen LogP contribution is 2.44. The molecule has 3 unspecified atom stereocenters. The van der Waals surface area contributed by atoms with Crippen LogP contribution in [0.2, 0.25) is 0 Å². The van der Waals surface area contributed by atoms with E-state index in [2.05, 4.69) is 23.4 Å². The van der Waals surface area contributed by atoms with Gasteiger partial charge in [-0.25, -0.2) is 0 Å². The van der Waals surface area contributed by atoms with Gasteiger partial charge in [0.2, 0.25) is 5.91 Å². The smallest absolute Gasteiger partial charge is 0.244 e. The summed E-state index contributed by atoms with van der Waals surface area (Å²) in [6.45, 7) is 2.15. The molecule has 3 rings (SSSR count). The molecular weight excluding hydrogens is 232 g/mol. The predicted molar refractivity (Wildman–Crippen MR) is 71.0 cm³/mol. The molecule has 3 atom stereocenters. The summed E-state index contributed by atoms with van der Waals surface area (Å²) in [6.07, 6.45) is 9.53. The molecule has 0 bridgehead atoms. The summed E-state index contributed by atoms with van der Waals surface area (Å²) in [7, 11) is 0. The fourth-order valence-electron chi connectivity index (χ4n) is 3.51. The van der Waals surface area contributed by atoms with Gasteiger partial charge in [0, 0.05) is 11.3 Å². The molecule has 3 fully saturated rings. The van der Waals surface area contributed by atoms with Crippen LogP contribution in [0.4, 0.5) is 0 Å². The highest BCUT2D eigenvalue weighted by atomic mass is 32.2. The molecule has 0 aromatic carbocycles. The first-order valence-electron chi connectivity index (χ1n) is 6.79. The molecule has 1 saturated heterocycles. The zero-order valence-corrected chi connectivity index (χ0v) is 11.6. The number of nitrogens with zero attached hydrogens (tertiary/aromatic N) is 1. The van der Waals surface area contributed by atoms with Crippen molar-refractivity contribution in [2.24, 2.45) is 0 Å². The van der Waals surface area contributed by atoms with E-state index in [4.69, 9.17) is 0 Å². The third-order valence-corrected chi connectivity index (χ3v) is 5.72. The number of carbonyl (C=O) groups excluding carboxylic acids is 1. The topological polar surface area (TPSA) is 32.3 Å². The molecule has 1 heterocycles. The van der Waals surface area contributed by atoms with Gasteiger partial charge in [-0.3, -0.25) is 10.1 Å². The SMILES string of the molecule is CSC1CCCC(N2C(=O)C3(CC3)NC2C)C1. The van der Waals surface area contributed by atoms with Gasteiger partial charge in [0.05, 0.1) is 11.7 Å². The number of amides is 1. The maximum absolute atomic E-state index is 12.5. The van der Waals surface area contributed by atoms with E-state index in [1.165, 1.54) is 25.7 Å². The summed E-state index contributed by atoms with van der Waals surface area (Å²) >= 11 is 1.97. The molecule has 1 spiro atoms. The van der Waals surface area contributed by atoms with Gasteiger partial charge in [0.25, 0.3) is 0 Å². The lowest BCUT2D eigenvalue weighted by Crippen LogP contribution is -2.45. The van der Waals surface area contributed by atoms with Crippen molar-refractivity contribution in [1.82, 2.24) is 10.2 Å². The van der Waals surface area contributed by atoms with Crippen molar-refractivity contribution in [3.05, 3.63) is 0 Å². The molecule has 4 heteroatoms. The van der Waals surface area contributed by atoms with Crippen molar-refractivity contribution in [2.75, 3.05) is 6.26 Å². The summed E-state index contributed by atoms with van der Waals surface area (Å²) in [6, 6.07) is 0.483. The average Bonchev–Trinajstić information content (AvgIpc) is 3.05. The van der Waals surface area contributed by atoms with Crippen LogP contribution < -0.4 is 5.32 Å². The zero-order valence-electron chi connectivity index (χ0n) is 10.7. The van der Waals surface area contributed by atoms with E-state index >= 15 is 0 Å². The van der Waals surface area contributed by atoms with Gasteiger partial charge in [0.15, 0.2) is 0 Å². The molecule has 1 N–H and O–H groups in total. The molecule has 0 aromatic heterocycles. The van der Waals surface area contributed by atoms with Gasteiger partial charge in [-0.2, -0.15) is 11.8 Å². The molecule has 2 aliphatic carbocycles. The van der Waals surface area contributed by atoms with Crippen LogP contribution >= 0.6 is 11.8 Å². The average molecular weight is 254 g/mol. The molecule has 2 saturated carbocycles. The zero-order chi connectivity index (χ0) is 12.0. The van der Waals surface area contributed by atoms with E-state index in [9.17, 15) is 4.79 Å². The second kappa shape index (κ2) is 4.16. The van der Waals surface area contributed by atoms with Crippen LogP contribution in [0.5, 0.6) is 0 Å². The van der Waals surface area contributed by atoms with Crippen molar-refractivity contribution < 1.29 is 4.79 Å². The van der Waals surface area contributed by atoms with Crippen LogP contribution in [0.1, 0.15) is 45.4 Å². The Hall–Kier alpha value is -0.220. The van der Waals surface area contributed by atoms with E-state index in [1.54, 1.807) is 0 Å². The Morgan fingerprint density at radius 2 is 2.18 bits per heavy atom. The van der Waals surface area contributed by atoms with Gasteiger partial charge in [-0.15, -0.1) is 0 Å². The Bertz CT molecular complexity index is 329. The summed E-state index contributed by atoms with van der Waals surface area (Å²) in [4.78, 5) is 14.6. The lowest BCUT2D eigenvalue weighted by molar-refractivity contribution is -0.133. The molecule has 17 heavy (non-hydrogen) atoms. The second-order valence-corrected chi connectivity index (χ2v) is 6.93. The number of carbonyl (C=O) groups is 1. The van der Waals surface area contributed by atoms with Crippen LogP contribution in [0, 0.1) is 0 Å². The number of rotatable bonds is 2. The van der Waals surface area contributed by atoms with Gasteiger partial charge in [-0.05, 0) is 45.3 Å². The lowest BCUT2D eigenvalue weighted by Gasteiger charge is -2.36. The number of hydrogen-bond donors (Lipinski definition) is 1. The van der Waals surface area contributed by atoms with Crippen molar-refractivity contribution in [3.63, 3.8) is 0 Å². The van der Waals surface area contributed by atoms with Crippen LogP contribution in [-0.2, 0) is 4.79 Å². The van der Waals surface area contributed by atoms with Crippen molar-refractivity contribution in [1.29, 1.82) is 0 Å². The minimum atomic E-state index is -0.133. The van der Waals surface area contributed by atoms with Gasteiger partial charge >= 0.3 is 0 Å². The van der Waals surface area contributed by atoms with Crippen molar-refractivity contribution >= 4 is 17.7 Å². The van der Waals surface area contributed by atoms with Crippen molar-refractivity contribution in [3.8, 4) is 0 Å². The monoisotopic (exact) mass is 254 g/mol. The van der Waals surface area contributed by atoms with Crippen LogP contribution in [0.25, 0.3) is 0 Å². The summed E-state index contributed by atoms with van der Waals surface area (Å²) in [5.74, 6) is 0.386. The first-order chi connectivity index (χ1) is 8.16. The normalized spacial score (nSPS) is 40.0. The molecule has 3 aliphatic rings. The molecule has 1 amide bonds. The maximum atomic E-state index is 12.5. The fraction of sp³-hybridized carbons (Fsp3) is 0.923. The van der Waals surface area contributed by atoms with Crippen LogP contribution in [-0.4, -0.2) is 40.1 Å². The molecule has 3 nitrogen and oxygen atoms in total. The van der Waals surface area contributed by atoms with Crippen LogP contribution in [0.15, 0.2) is 0 Å². The Balaban J connectivity index is 1.73. The predicted octanol–water partition coefficient (Wildman–Crippen LogP) is 1.97. The van der Waals surface area contributed by atoms with Gasteiger partial charge < -0.3 is 4.90 Å². The van der Waals surface area contributed by atoms with E-state index < -0.39 is 0 Å². The Morgan fingerprint density at radius 3 is 2.76 bits per heavy atom. The van der Waals surface area contributed by atoms with Crippen LogP contribution in [0.3, 0.4) is 0 Å². The molecular formula is C13H22N2OS. The van der Waals surface area contributed by atoms with E-state index in [0.29, 0.717) is 11.9 Å². The molecule has 0 aromatic rings. The molecule has 0 radical (unpaired) electrons. The first-order valence-corrected chi connectivity index (χ1v) is 8.08. The Labute approximate surface area is 108 Å². The van der Waals surface area contributed by atoms with Crippen molar-refractivity contribution in [2.45, 2.75) is 68.4 Å². The van der Waals surface area contributed by atoms with E-state index in [-0.39, 0.29) is 11.7 Å². The molecule has 1 aliphatic heterocycles. The number of nitrogens with one attached hydrogen (secondary N) is 1. The minimum Gasteiger partial charge on any atom is -0.323 e. The standard InChI is InChI=1S/C13H22N2OS/c1-9-14-13(6-7-13)12(16)15(9)10-4-3-5-11(8-10)17-2/h9-11,14H,3-8H2,1-2H3. The highest BCUT2D eigenvalue weighted by molar-refractivity contribution is 7.99. The lowest BCUT2D eigenvalue weighted by atomic mass is 9.93. The summed E-state index contributed by atoms with van der Waals surface area (Å²) in [5.41, 5.74) is -0.133. The maximum Gasteiger partial charge on any atom is 0.244 e. The van der Waals surface area contributed by atoms with Gasteiger partial charge in [0.1, 0.15) is 0 Å². The minimum absolute atomic E-state index is 0.133. The third-order valence-electron chi connectivity index (χ3n) is 4.62. The number of thioether (sulfide) groups is 1. The summed E-state index contributed by atoms with van der Waals surface area (Å²) in [5, 5.41) is 4.26. The third kappa shape index (κ3) is 1.89. The largest absolute Gasteiger partial charge is 0.323 e. The van der Waals surface area contributed by atoms with E-state index in [1.807, 2.05) is 11.8 Å². The molecule has 96 valence electrons.